The number of nitrogens with one attached hydrogen (secondary N) is 2. The number of amides is 1. The topological polar surface area (TPSA) is 106 Å². The molecule has 0 saturated carbocycles. The maximum atomic E-state index is 12.6. The second-order valence-electron chi connectivity index (χ2n) is 8.46. The fraction of sp³-hybridized carbons (Fsp3) is 0.400. The first kappa shape index (κ1) is 23.7. The summed E-state index contributed by atoms with van der Waals surface area (Å²) >= 11 is 0. The molecule has 1 aliphatic heterocycles. The third kappa shape index (κ3) is 5.92. The largest absolute Gasteiger partial charge is 0.492 e. The van der Waals surface area contributed by atoms with E-state index in [-0.39, 0.29) is 13.1 Å². The second-order valence-corrected chi connectivity index (χ2v) is 8.46. The summed E-state index contributed by atoms with van der Waals surface area (Å²) < 4.78 is 12.2. The smallest absolute Gasteiger partial charge is 0.329 e. The van der Waals surface area contributed by atoms with Crippen LogP contribution in [0.4, 0.5) is 0 Å². The number of carbonyl (C=O) groups is 1. The van der Waals surface area contributed by atoms with Crippen LogP contribution in [-0.2, 0) is 22.6 Å². The van der Waals surface area contributed by atoms with Crippen LogP contribution in [0.15, 0.2) is 58.1 Å². The van der Waals surface area contributed by atoms with Crippen molar-refractivity contribution in [2.24, 2.45) is 0 Å². The Morgan fingerprint density at radius 3 is 2.79 bits per heavy atom. The van der Waals surface area contributed by atoms with Crippen molar-refractivity contribution < 1.29 is 14.3 Å². The van der Waals surface area contributed by atoms with Crippen LogP contribution in [0.1, 0.15) is 18.4 Å². The van der Waals surface area contributed by atoms with Gasteiger partial charge in [0, 0.05) is 32.3 Å². The molecule has 2 aromatic carbocycles. The van der Waals surface area contributed by atoms with E-state index in [1.54, 1.807) is 24.3 Å². The summed E-state index contributed by atoms with van der Waals surface area (Å²) in [5, 5.41) is 3.13. The van der Waals surface area contributed by atoms with Crippen LogP contribution in [0.3, 0.4) is 0 Å². The molecule has 1 saturated heterocycles. The zero-order valence-electron chi connectivity index (χ0n) is 19.3. The molecule has 2 heterocycles. The minimum absolute atomic E-state index is 0.262. The number of rotatable bonds is 9. The first-order valence-corrected chi connectivity index (χ1v) is 11.5. The van der Waals surface area contributed by atoms with Crippen molar-refractivity contribution in [1.82, 2.24) is 19.8 Å². The van der Waals surface area contributed by atoms with Gasteiger partial charge in [0.25, 0.3) is 5.56 Å². The minimum atomic E-state index is -0.611. The summed E-state index contributed by atoms with van der Waals surface area (Å²) in [4.78, 5) is 42.2. The zero-order valence-corrected chi connectivity index (χ0v) is 19.3. The molecule has 0 spiro atoms. The minimum Gasteiger partial charge on any atom is -0.492 e. The highest BCUT2D eigenvalue weighted by atomic mass is 16.5. The third-order valence-electron chi connectivity index (χ3n) is 6.11. The van der Waals surface area contributed by atoms with Gasteiger partial charge in [0.05, 0.1) is 10.9 Å². The van der Waals surface area contributed by atoms with Crippen molar-refractivity contribution >= 4 is 16.8 Å². The standard InChI is InChI=1S/C25H30N4O5/c1-28(19-9-12-33-13-10-19)11-14-34-20-6-4-5-18(15-20)16-26-23(30)17-29-24(31)21-7-2-3-8-22(21)27-25(29)32/h2-8,15,19H,9-14,16-17H2,1H3,(H,26,30)(H,27,32). The first-order chi connectivity index (χ1) is 16.5. The molecule has 34 heavy (non-hydrogen) atoms. The van der Waals surface area contributed by atoms with Crippen LogP contribution in [0.2, 0.25) is 0 Å². The molecule has 1 amide bonds. The van der Waals surface area contributed by atoms with Crippen molar-refractivity contribution in [2.45, 2.75) is 32.0 Å². The molecule has 2 N–H and O–H groups in total. The van der Waals surface area contributed by atoms with E-state index in [1.807, 2.05) is 24.3 Å². The van der Waals surface area contributed by atoms with Gasteiger partial charge in [-0.05, 0) is 49.7 Å². The van der Waals surface area contributed by atoms with Gasteiger partial charge in [0.15, 0.2) is 0 Å². The zero-order chi connectivity index (χ0) is 23.9. The van der Waals surface area contributed by atoms with E-state index in [0.29, 0.717) is 23.6 Å². The second kappa shape index (κ2) is 11.1. The molecule has 9 heteroatoms. The van der Waals surface area contributed by atoms with E-state index in [1.165, 1.54) is 0 Å². The predicted octanol–water partition coefficient (Wildman–Crippen LogP) is 1.50. The molecule has 4 rings (SSSR count). The van der Waals surface area contributed by atoms with E-state index >= 15 is 0 Å². The number of ether oxygens (including phenoxy) is 2. The number of nitrogens with zero attached hydrogens (tertiary/aromatic N) is 2. The number of H-pyrrole nitrogens is 1. The molecule has 0 unspecified atom stereocenters. The summed E-state index contributed by atoms with van der Waals surface area (Å²) in [5.41, 5.74) is 0.212. The van der Waals surface area contributed by atoms with Gasteiger partial charge in [-0.1, -0.05) is 24.3 Å². The molecular formula is C25H30N4O5. The number of carbonyl (C=O) groups excluding carboxylic acids is 1. The molecule has 180 valence electrons. The van der Waals surface area contributed by atoms with Crippen molar-refractivity contribution in [1.29, 1.82) is 0 Å². The summed E-state index contributed by atoms with van der Waals surface area (Å²) in [6, 6.07) is 14.8. The van der Waals surface area contributed by atoms with Crippen molar-refractivity contribution in [2.75, 3.05) is 33.4 Å². The van der Waals surface area contributed by atoms with Gasteiger partial charge in [-0.3, -0.25) is 19.1 Å². The Bertz CT molecular complexity index is 1250. The fourth-order valence-corrected chi connectivity index (χ4v) is 4.10. The fourth-order valence-electron chi connectivity index (χ4n) is 4.10. The Labute approximate surface area is 197 Å². The molecule has 1 fully saturated rings. The predicted molar refractivity (Wildman–Crippen MR) is 129 cm³/mol. The van der Waals surface area contributed by atoms with E-state index in [9.17, 15) is 14.4 Å². The number of para-hydroxylation sites is 1. The lowest BCUT2D eigenvalue weighted by atomic mass is 10.1. The Morgan fingerprint density at radius 2 is 1.97 bits per heavy atom. The average molecular weight is 467 g/mol. The molecule has 0 bridgehead atoms. The van der Waals surface area contributed by atoms with Crippen LogP contribution in [0.5, 0.6) is 5.75 Å². The Kier molecular flexibility index (Phi) is 7.76. The highest BCUT2D eigenvalue weighted by Gasteiger charge is 2.18. The number of aromatic amines is 1. The molecule has 0 radical (unpaired) electrons. The Hall–Kier alpha value is -3.43. The van der Waals surface area contributed by atoms with Crippen LogP contribution in [0, 0.1) is 0 Å². The van der Waals surface area contributed by atoms with E-state index < -0.39 is 17.2 Å². The Morgan fingerprint density at radius 1 is 1.18 bits per heavy atom. The van der Waals surface area contributed by atoms with Gasteiger partial charge in [0.1, 0.15) is 18.9 Å². The molecule has 1 aromatic heterocycles. The van der Waals surface area contributed by atoms with E-state index in [0.717, 1.165) is 48.5 Å². The average Bonchev–Trinajstić information content (AvgIpc) is 2.86. The van der Waals surface area contributed by atoms with Gasteiger partial charge in [0.2, 0.25) is 5.91 Å². The Balaban J connectivity index is 1.29. The summed E-state index contributed by atoms with van der Waals surface area (Å²) in [5.74, 6) is 0.307. The molecule has 1 aliphatic rings. The van der Waals surface area contributed by atoms with Crippen molar-refractivity contribution in [3.63, 3.8) is 0 Å². The third-order valence-corrected chi connectivity index (χ3v) is 6.11. The molecule has 3 aromatic rings. The number of hydrogen-bond acceptors (Lipinski definition) is 6. The van der Waals surface area contributed by atoms with Gasteiger partial charge >= 0.3 is 5.69 Å². The quantitative estimate of drug-likeness (QED) is 0.495. The van der Waals surface area contributed by atoms with Gasteiger partial charge in [-0.25, -0.2) is 4.79 Å². The van der Waals surface area contributed by atoms with Gasteiger partial charge < -0.3 is 19.8 Å². The number of hydrogen-bond donors (Lipinski definition) is 2. The molecule has 9 nitrogen and oxygen atoms in total. The van der Waals surface area contributed by atoms with Gasteiger partial charge in [-0.2, -0.15) is 0 Å². The monoisotopic (exact) mass is 466 g/mol. The first-order valence-electron chi connectivity index (χ1n) is 11.5. The molecular weight excluding hydrogens is 436 g/mol. The van der Waals surface area contributed by atoms with Gasteiger partial charge in [-0.15, -0.1) is 0 Å². The van der Waals surface area contributed by atoms with Crippen LogP contribution < -0.4 is 21.3 Å². The highest BCUT2D eigenvalue weighted by molar-refractivity contribution is 5.78. The van der Waals surface area contributed by atoms with Crippen molar-refractivity contribution in [3.8, 4) is 5.75 Å². The number of likely N-dealkylation sites (N-methyl/N-ethyl adjacent to an activating group) is 1. The SMILES string of the molecule is CN(CCOc1cccc(CNC(=O)Cn2c(=O)[nH]c3ccccc3c2=O)c1)C1CCOCC1. The number of aromatic nitrogens is 2. The summed E-state index contributed by atoms with van der Waals surface area (Å²) in [6.45, 7) is 2.92. The lowest BCUT2D eigenvalue weighted by Gasteiger charge is -2.31. The molecule has 0 aliphatic carbocycles. The maximum absolute atomic E-state index is 12.6. The van der Waals surface area contributed by atoms with Crippen molar-refractivity contribution in [3.05, 3.63) is 74.9 Å². The normalized spacial score (nSPS) is 14.4. The summed E-state index contributed by atoms with van der Waals surface area (Å²) in [7, 11) is 2.11. The number of benzene rings is 2. The lowest BCUT2D eigenvalue weighted by molar-refractivity contribution is -0.121. The summed E-state index contributed by atoms with van der Waals surface area (Å²) in [6.07, 6.45) is 2.09. The number of fused-ring (bicyclic) bond motifs is 1. The van der Waals surface area contributed by atoms with Crippen LogP contribution in [-0.4, -0.2) is 59.8 Å². The van der Waals surface area contributed by atoms with Crippen LogP contribution in [0.25, 0.3) is 10.9 Å². The highest BCUT2D eigenvalue weighted by Crippen LogP contribution is 2.15. The van der Waals surface area contributed by atoms with Crippen LogP contribution >= 0.6 is 0 Å². The molecule has 0 atom stereocenters. The van der Waals surface area contributed by atoms with E-state index in [4.69, 9.17) is 9.47 Å². The lowest BCUT2D eigenvalue weighted by Crippen LogP contribution is -2.40. The van der Waals surface area contributed by atoms with E-state index in [2.05, 4.69) is 22.2 Å². The maximum Gasteiger partial charge on any atom is 0.329 e.